The largest absolute Gasteiger partial charge is 0.481 e. The summed E-state index contributed by atoms with van der Waals surface area (Å²) in [6.07, 6.45) is 2.17. The Morgan fingerprint density at radius 2 is 1.88 bits per heavy atom. The van der Waals surface area contributed by atoms with Gasteiger partial charge in [0.2, 0.25) is 0 Å². The molecule has 4 N–H and O–H groups in total. The number of carbonyl (C=O) groups is 3. The van der Waals surface area contributed by atoms with Gasteiger partial charge in [-0.15, -0.1) is 0 Å². The molecule has 0 aromatic rings. The molecule has 16 heavy (non-hydrogen) atoms. The molecule has 7 heteroatoms. The second kappa shape index (κ2) is 5.34. The summed E-state index contributed by atoms with van der Waals surface area (Å²) in [7, 11) is 0. The van der Waals surface area contributed by atoms with E-state index in [1.54, 1.807) is 0 Å². The number of amides is 2. The number of rotatable bonds is 5. The van der Waals surface area contributed by atoms with Crippen molar-refractivity contribution >= 4 is 18.0 Å². The molecule has 0 aromatic heterocycles. The zero-order valence-electron chi connectivity index (χ0n) is 8.60. The van der Waals surface area contributed by atoms with Gasteiger partial charge in [-0.3, -0.25) is 4.79 Å². The van der Waals surface area contributed by atoms with Crippen LogP contribution in [0, 0.1) is 0 Å². The Morgan fingerprint density at radius 3 is 2.25 bits per heavy atom. The number of nitrogens with one attached hydrogen (secondary N) is 2. The minimum Gasteiger partial charge on any atom is -0.481 e. The van der Waals surface area contributed by atoms with Crippen LogP contribution in [0.5, 0.6) is 0 Å². The summed E-state index contributed by atoms with van der Waals surface area (Å²) in [6.45, 7) is 0. The van der Waals surface area contributed by atoms with E-state index in [9.17, 15) is 14.4 Å². The van der Waals surface area contributed by atoms with Gasteiger partial charge in [-0.1, -0.05) is 0 Å². The van der Waals surface area contributed by atoms with Crippen molar-refractivity contribution in [3.63, 3.8) is 0 Å². The van der Waals surface area contributed by atoms with Gasteiger partial charge < -0.3 is 20.8 Å². The van der Waals surface area contributed by atoms with Crippen LogP contribution in [0.3, 0.4) is 0 Å². The van der Waals surface area contributed by atoms with Gasteiger partial charge in [0, 0.05) is 6.04 Å². The third-order valence-corrected chi connectivity index (χ3v) is 2.42. The molecule has 0 aliphatic heterocycles. The van der Waals surface area contributed by atoms with Gasteiger partial charge in [0.15, 0.2) is 0 Å². The van der Waals surface area contributed by atoms with E-state index in [1.807, 2.05) is 0 Å². The molecule has 2 amide bonds. The Bertz CT molecular complexity index is 300. The molecule has 1 fully saturated rings. The SMILES string of the molecule is O=C(O)C[C@@H](NC(=O)NC1CCC1)C(=O)O. The van der Waals surface area contributed by atoms with Crippen molar-refractivity contribution in [2.75, 3.05) is 0 Å². The van der Waals surface area contributed by atoms with Gasteiger partial charge in [0.1, 0.15) is 6.04 Å². The number of urea groups is 1. The van der Waals surface area contributed by atoms with Gasteiger partial charge in [0.05, 0.1) is 6.42 Å². The molecule has 90 valence electrons. The summed E-state index contributed by atoms with van der Waals surface area (Å²) in [5.41, 5.74) is 0. The van der Waals surface area contributed by atoms with E-state index >= 15 is 0 Å². The van der Waals surface area contributed by atoms with Crippen LogP contribution in [0.1, 0.15) is 25.7 Å². The number of carbonyl (C=O) groups excluding carboxylic acids is 1. The zero-order chi connectivity index (χ0) is 12.1. The first-order chi connectivity index (χ1) is 7.49. The summed E-state index contributed by atoms with van der Waals surface area (Å²) in [5, 5.41) is 21.8. The van der Waals surface area contributed by atoms with Gasteiger partial charge in [0.25, 0.3) is 0 Å². The number of carboxylic acid groups (broad SMARTS) is 2. The monoisotopic (exact) mass is 230 g/mol. The van der Waals surface area contributed by atoms with Crippen LogP contribution in [-0.4, -0.2) is 40.3 Å². The highest BCUT2D eigenvalue weighted by atomic mass is 16.4. The van der Waals surface area contributed by atoms with Crippen LogP contribution in [0.25, 0.3) is 0 Å². The number of carboxylic acids is 2. The quantitative estimate of drug-likeness (QED) is 0.520. The minimum absolute atomic E-state index is 0.0827. The maximum absolute atomic E-state index is 11.3. The van der Waals surface area contributed by atoms with Crippen LogP contribution >= 0.6 is 0 Å². The molecule has 1 rings (SSSR count). The van der Waals surface area contributed by atoms with E-state index in [4.69, 9.17) is 10.2 Å². The average Bonchev–Trinajstić information content (AvgIpc) is 2.09. The van der Waals surface area contributed by atoms with Crippen molar-refractivity contribution in [2.24, 2.45) is 0 Å². The van der Waals surface area contributed by atoms with Crippen LogP contribution in [-0.2, 0) is 9.59 Å². The third kappa shape index (κ3) is 3.76. The molecule has 0 unspecified atom stereocenters. The van der Waals surface area contributed by atoms with Gasteiger partial charge in [-0.05, 0) is 19.3 Å². The van der Waals surface area contributed by atoms with Crippen molar-refractivity contribution < 1.29 is 24.6 Å². The number of hydrogen-bond donors (Lipinski definition) is 4. The molecule has 0 spiro atoms. The maximum atomic E-state index is 11.3. The highest BCUT2D eigenvalue weighted by molar-refractivity contribution is 5.86. The maximum Gasteiger partial charge on any atom is 0.326 e. The minimum atomic E-state index is -1.39. The normalized spacial score (nSPS) is 17.0. The standard InChI is InChI=1S/C9H14N2O5/c12-7(13)4-6(8(14)15)11-9(16)10-5-2-1-3-5/h5-6H,1-4H2,(H,12,13)(H,14,15)(H2,10,11,16)/t6-/m1/s1. The molecule has 1 saturated carbocycles. The molecular weight excluding hydrogens is 216 g/mol. The number of aliphatic carboxylic acids is 2. The molecule has 0 aromatic carbocycles. The fraction of sp³-hybridized carbons (Fsp3) is 0.667. The van der Waals surface area contributed by atoms with Gasteiger partial charge >= 0.3 is 18.0 Å². The summed E-state index contributed by atoms with van der Waals surface area (Å²) in [4.78, 5) is 32.2. The Kier molecular flexibility index (Phi) is 4.10. The first-order valence-corrected chi connectivity index (χ1v) is 5.00. The van der Waals surface area contributed by atoms with Crippen molar-refractivity contribution in [2.45, 2.75) is 37.8 Å². The fourth-order valence-electron chi connectivity index (χ4n) is 1.31. The van der Waals surface area contributed by atoms with Gasteiger partial charge in [-0.25, -0.2) is 9.59 Å². The van der Waals surface area contributed by atoms with Gasteiger partial charge in [-0.2, -0.15) is 0 Å². The lowest BCUT2D eigenvalue weighted by molar-refractivity contribution is -0.145. The van der Waals surface area contributed by atoms with Crippen molar-refractivity contribution in [1.29, 1.82) is 0 Å². The summed E-state index contributed by atoms with van der Waals surface area (Å²) in [6, 6.07) is -1.94. The average molecular weight is 230 g/mol. The topological polar surface area (TPSA) is 116 Å². The number of hydrogen-bond acceptors (Lipinski definition) is 3. The molecule has 1 aliphatic rings. The smallest absolute Gasteiger partial charge is 0.326 e. The lowest BCUT2D eigenvalue weighted by atomic mass is 9.93. The van der Waals surface area contributed by atoms with E-state index in [2.05, 4.69) is 10.6 Å². The predicted molar refractivity (Wildman–Crippen MR) is 53.0 cm³/mol. The van der Waals surface area contributed by atoms with Crippen molar-refractivity contribution in [1.82, 2.24) is 10.6 Å². The third-order valence-electron chi connectivity index (χ3n) is 2.42. The highest BCUT2D eigenvalue weighted by Gasteiger charge is 2.25. The Labute approximate surface area is 91.8 Å². The highest BCUT2D eigenvalue weighted by Crippen LogP contribution is 2.17. The molecule has 1 atom stereocenters. The summed E-state index contributed by atoms with van der Waals surface area (Å²) >= 11 is 0. The molecule has 0 radical (unpaired) electrons. The Morgan fingerprint density at radius 1 is 1.25 bits per heavy atom. The molecule has 0 saturated heterocycles. The fourth-order valence-corrected chi connectivity index (χ4v) is 1.31. The second-order valence-electron chi connectivity index (χ2n) is 3.73. The predicted octanol–water partition coefficient (Wildman–Crippen LogP) is -0.234. The molecule has 0 heterocycles. The van der Waals surface area contributed by atoms with Crippen LogP contribution in [0.2, 0.25) is 0 Å². The van der Waals surface area contributed by atoms with E-state index < -0.39 is 30.4 Å². The first-order valence-electron chi connectivity index (χ1n) is 5.00. The van der Waals surface area contributed by atoms with Crippen molar-refractivity contribution in [3.8, 4) is 0 Å². The summed E-state index contributed by atoms with van der Waals surface area (Å²) in [5.74, 6) is -2.62. The molecule has 0 bridgehead atoms. The first kappa shape index (κ1) is 12.3. The van der Waals surface area contributed by atoms with E-state index in [-0.39, 0.29) is 6.04 Å². The van der Waals surface area contributed by atoms with Crippen LogP contribution < -0.4 is 10.6 Å². The molecular formula is C9H14N2O5. The summed E-state index contributed by atoms with van der Waals surface area (Å²) < 4.78 is 0. The van der Waals surface area contributed by atoms with E-state index in [0.717, 1.165) is 19.3 Å². The Hall–Kier alpha value is -1.79. The van der Waals surface area contributed by atoms with Crippen LogP contribution in [0.4, 0.5) is 4.79 Å². The van der Waals surface area contributed by atoms with E-state index in [1.165, 1.54) is 0 Å². The van der Waals surface area contributed by atoms with Crippen molar-refractivity contribution in [3.05, 3.63) is 0 Å². The Balaban J connectivity index is 2.37. The lowest BCUT2D eigenvalue weighted by Crippen LogP contribution is -2.51. The van der Waals surface area contributed by atoms with E-state index in [0.29, 0.717) is 0 Å². The lowest BCUT2D eigenvalue weighted by Gasteiger charge is -2.27. The molecule has 7 nitrogen and oxygen atoms in total. The van der Waals surface area contributed by atoms with Crippen LogP contribution in [0.15, 0.2) is 0 Å². The second-order valence-corrected chi connectivity index (χ2v) is 3.73. The zero-order valence-corrected chi connectivity index (χ0v) is 8.60. The molecule has 1 aliphatic carbocycles.